The van der Waals surface area contributed by atoms with Crippen LogP contribution in [-0.2, 0) is 24.2 Å². The number of carbonyl (C=O) groups excluding carboxylic acids is 1. The molecule has 0 fully saturated rings. The maximum atomic E-state index is 13.6. The van der Waals surface area contributed by atoms with Gasteiger partial charge in [0.2, 0.25) is 5.91 Å². The van der Waals surface area contributed by atoms with Crippen LogP contribution in [0.25, 0.3) is 10.2 Å². The van der Waals surface area contributed by atoms with E-state index in [9.17, 15) is 14.9 Å². The molecule has 2 heterocycles. The molecule has 33 heavy (non-hydrogen) atoms. The standard InChI is InChI=1S/C24H35N5O2S2/c1-15(2)24(4,14-25)27-20(30)16(3)32-23-26-21-19(17-10-7-8-11-18(17)33-21)22(31)29(23)13-9-12-28(5)6/h15-16H,7-13H2,1-6H3,(H,27,30). The largest absolute Gasteiger partial charge is 0.337 e. The van der Waals surface area contributed by atoms with E-state index in [-0.39, 0.29) is 17.4 Å². The topological polar surface area (TPSA) is 91.0 Å². The molecule has 1 aliphatic rings. The zero-order valence-corrected chi connectivity index (χ0v) is 22.2. The Kier molecular flexibility index (Phi) is 8.25. The van der Waals surface area contributed by atoms with Crippen LogP contribution >= 0.6 is 23.1 Å². The summed E-state index contributed by atoms with van der Waals surface area (Å²) in [4.78, 5) is 35.7. The second kappa shape index (κ2) is 10.6. The summed E-state index contributed by atoms with van der Waals surface area (Å²) in [6, 6.07) is 2.22. The molecule has 3 rings (SSSR count). The first kappa shape index (κ1) is 25.7. The Morgan fingerprint density at radius 3 is 2.67 bits per heavy atom. The molecular formula is C24H35N5O2S2. The molecule has 9 heteroatoms. The highest BCUT2D eigenvalue weighted by Gasteiger charge is 2.32. The lowest BCUT2D eigenvalue weighted by Gasteiger charge is -2.28. The van der Waals surface area contributed by atoms with E-state index in [2.05, 4.69) is 16.3 Å². The van der Waals surface area contributed by atoms with Gasteiger partial charge >= 0.3 is 0 Å². The molecule has 0 aliphatic heterocycles. The number of amides is 1. The highest BCUT2D eigenvalue weighted by atomic mass is 32.2. The van der Waals surface area contributed by atoms with Gasteiger partial charge in [0.25, 0.3) is 5.56 Å². The van der Waals surface area contributed by atoms with Crippen molar-refractivity contribution in [3.8, 4) is 6.07 Å². The number of thiophene rings is 1. The minimum Gasteiger partial charge on any atom is -0.337 e. The maximum Gasteiger partial charge on any atom is 0.263 e. The average Bonchev–Trinajstić information content (AvgIpc) is 3.13. The first-order valence-electron chi connectivity index (χ1n) is 11.7. The van der Waals surface area contributed by atoms with Crippen molar-refractivity contribution in [2.24, 2.45) is 5.92 Å². The van der Waals surface area contributed by atoms with Gasteiger partial charge in [-0.25, -0.2) is 4.98 Å². The summed E-state index contributed by atoms with van der Waals surface area (Å²) in [6.45, 7) is 8.79. The van der Waals surface area contributed by atoms with Gasteiger partial charge in [-0.3, -0.25) is 14.2 Å². The van der Waals surface area contributed by atoms with Gasteiger partial charge in [-0.15, -0.1) is 11.3 Å². The second-order valence-electron chi connectivity index (χ2n) is 9.62. The van der Waals surface area contributed by atoms with Crippen molar-refractivity contribution in [1.82, 2.24) is 19.8 Å². The van der Waals surface area contributed by atoms with E-state index in [1.807, 2.05) is 27.9 Å². The van der Waals surface area contributed by atoms with Crippen molar-refractivity contribution in [2.75, 3.05) is 20.6 Å². The number of fused-ring (bicyclic) bond motifs is 3. The van der Waals surface area contributed by atoms with Crippen molar-refractivity contribution in [2.45, 2.75) is 82.3 Å². The van der Waals surface area contributed by atoms with E-state index in [0.717, 1.165) is 48.9 Å². The quantitative estimate of drug-likeness (QED) is 0.425. The molecule has 0 saturated carbocycles. The zero-order chi connectivity index (χ0) is 24.3. The number of rotatable bonds is 9. The monoisotopic (exact) mass is 489 g/mol. The van der Waals surface area contributed by atoms with Gasteiger partial charge in [-0.05, 0) is 78.1 Å². The van der Waals surface area contributed by atoms with Gasteiger partial charge in [0.15, 0.2) is 5.16 Å². The van der Waals surface area contributed by atoms with Crippen molar-refractivity contribution in [3.05, 3.63) is 20.8 Å². The fourth-order valence-electron chi connectivity index (χ4n) is 3.92. The fraction of sp³-hybridized carbons (Fsp3) is 0.667. The van der Waals surface area contributed by atoms with Crippen molar-refractivity contribution < 1.29 is 4.79 Å². The van der Waals surface area contributed by atoms with E-state index in [0.29, 0.717) is 11.7 Å². The van der Waals surface area contributed by atoms with Crippen LogP contribution in [0.2, 0.25) is 0 Å². The summed E-state index contributed by atoms with van der Waals surface area (Å²) in [5.74, 6) is -0.253. The summed E-state index contributed by atoms with van der Waals surface area (Å²) in [5, 5.41) is 13.3. The maximum absolute atomic E-state index is 13.6. The predicted molar refractivity (Wildman–Crippen MR) is 136 cm³/mol. The van der Waals surface area contributed by atoms with Gasteiger partial charge in [-0.1, -0.05) is 25.6 Å². The average molecular weight is 490 g/mol. The first-order chi connectivity index (χ1) is 15.6. The van der Waals surface area contributed by atoms with E-state index in [4.69, 9.17) is 4.98 Å². The number of nitrogens with zero attached hydrogens (tertiary/aromatic N) is 4. The smallest absolute Gasteiger partial charge is 0.263 e. The summed E-state index contributed by atoms with van der Waals surface area (Å²) in [7, 11) is 4.03. The van der Waals surface area contributed by atoms with E-state index in [1.165, 1.54) is 22.2 Å². The van der Waals surface area contributed by atoms with Gasteiger partial charge in [0, 0.05) is 11.4 Å². The Labute approximate surface area is 204 Å². The van der Waals surface area contributed by atoms with Gasteiger partial charge in [0.05, 0.1) is 16.7 Å². The molecule has 1 amide bonds. The van der Waals surface area contributed by atoms with E-state index < -0.39 is 10.8 Å². The van der Waals surface area contributed by atoms with Crippen LogP contribution in [0.15, 0.2) is 9.95 Å². The minimum atomic E-state index is -0.943. The van der Waals surface area contributed by atoms with Gasteiger partial charge in [0.1, 0.15) is 10.4 Å². The lowest BCUT2D eigenvalue weighted by molar-refractivity contribution is -0.121. The van der Waals surface area contributed by atoms with Crippen LogP contribution < -0.4 is 10.9 Å². The number of aromatic nitrogens is 2. The Balaban J connectivity index is 1.95. The van der Waals surface area contributed by atoms with Crippen LogP contribution in [0.5, 0.6) is 0 Å². The number of hydrogen-bond donors (Lipinski definition) is 1. The number of nitrogens with one attached hydrogen (secondary N) is 1. The number of carbonyl (C=O) groups is 1. The molecule has 0 radical (unpaired) electrons. The molecule has 2 aromatic rings. The predicted octanol–water partition coefficient (Wildman–Crippen LogP) is 3.82. The highest BCUT2D eigenvalue weighted by molar-refractivity contribution is 8.00. The Morgan fingerprint density at radius 1 is 1.33 bits per heavy atom. The van der Waals surface area contributed by atoms with Gasteiger partial charge < -0.3 is 10.2 Å². The summed E-state index contributed by atoms with van der Waals surface area (Å²) >= 11 is 2.93. The van der Waals surface area contributed by atoms with Gasteiger partial charge in [-0.2, -0.15) is 5.26 Å². The van der Waals surface area contributed by atoms with Crippen molar-refractivity contribution >= 4 is 39.2 Å². The third-order valence-electron chi connectivity index (χ3n) is 6.45. The molecule has 7 nitrogen and oxygen atoms in total. The van der Waals surface area contributed by atoms with E-state index >= 15 is 0 Å². The van der Waals surface area contributed by atoms with Crippen LogP contribution in [-0.4, -0.2) is 51.8 Å². The van der Waals surface area contributed by atoms with Crippen LogP contribution in [0.4, 0.5) is 0 Å². The Morgan fingerprint density at radius 2 is 2.03 bits per heavy atom. The molecule has 2 aromatic heterocycles. The highest BCUT2D eigenvalue weighted by Crippen LogP contribution is 2.35. The fourth-order valence-corrected chi connectivity index (χ4v) is 6.16. The number of aryl methyl sites for hydroxylation is 2. The number of hydrogen-bond acceptors (Lipinski definition) is 7. The molecule has 1 aliphatic carbocycles. The lowest BCUT2D eigenvalue weighted by atomic mass is 9.90. The van der Waals surface area contributed by atoms with E-state index in [1.54, 1.807) is 29.8 Å². The number of thioether (sulfide) groups is 1. The minimum absolute atomic E-state index is 0.0114. The molecule has 180 valence electrons. The van der Waals surface area contributed by atoms with Crippen LogP contribution in [0, 0.1) is 17.2 Å². The van der Waals surface area contributed by atoms with Crippen LogP contribution in [0.3, 0.4) is 0 Å². The van der Waals surface area contributed by atoms with Crippen molar-refractivity contribution in [3.63, 3.8) is 0 Å². The summed E-state index contributed by atoms with van der Waals surface area (Å²) in [5.41, 5.74) is 0.253. The normalized spacial score (nSPS) is 16.5. The Bertz CT molecular complexity index is 1110. The summed E-state index contributed by atoms with van der Waals surface area (Å²) in [6.07, 6.45) is 5.04. The SMILES string of the molecule is CC(Sc1nc2sc3c(c2c(=O)n1CCCN(C)C)CCCC3)C(=O)NC(C)(C#N)C(C)C. The molecule has 0 bridgehead atoms. The molecule has 1 N–H and O–H groups in total. The zero-order valence-electron chi connectivity index (χ0n) is 20.5. The third-order valence-corrected chi connectivity index (χ3v) is 8.72. The third kappa shape index (κ3) is 5.61. The molecule has 2 unspecified atom stereocenters. The molecular weight excluding hydrogens is 454 g/mol. The van der Waals surface area contributed by atoms with Crippen molar-refractivity contribution in [1.29, 1.82) is 5.26 Å². The second-order valence-corrected chi connectivity index (χ2v) is 12.0. The van der Waals surface area contributed by atoms with Crippen LogP contribution in [0.1, 0.15) is 57.4 Å². The molecule has 0 saturated heterocycles. The lowest BCUT2D eigenvalue weighted by Crippen LogP contribution is -2.51. The Hall–Kier alpha value is -1.89. The first-order valence-corrected chi connectivity index (χ1v) is 13.4. The molecule has 0 aromatic carbocycles. The molecule has 2 atom stereocenters. The molecule has 0 spiro atoms. The summed E-state index contributed by atoms with van der Waals surface area (Å²) < 4.78 is 1.76. The number of nitriles is 1.